The van der Waals surface area contributed by atoms with E-state index in [-0.39, 0.29) is 41.6 Å². The van der Waals surface area contributed by atoms with Gasteiger partial charge in [-0.2, -0.15) is 10.2 Å². The van der Waals surface area contributed by atoms with E-state index in [4.69, 9.17) is 11.6 Å². The number of aromatic nitrogens is 1. The van der Waals surface area contributed by atoms with Crippen molar-refractivity contribution in [2.75, 3.05) is 10.9 Å². The molecule has 3 rings (SSSR count). The second-order valence-corrected chi connectivity index (χ2v) is 6.34. The molecule has 0 unspecified atom stereocenters. The van der Waals surface area contributed by atoms with Crippen LogP contribution in [0.3, 0.4) is 0 Å². The van der Waals surface area contributed by atoms with Crippen LogP contribution in [0.5, 0.6) is 0 Å². The van der Waals surface area contributed by atoms with Crippen LogP contribution in [0.15, 0.2) is 83.0 Å². The first-order chi connectivity index (χ1) is 13.1. The summed E-state index contributed by atoms with van der Waals surface area (Å²) in [5.41, 5.74) is 10.7. The van der Waals surface area contributed by atoms with Crippen molar-refractivity contribution in [1.82, 2.24) is 4.98 Å². The molecule has 0 bridgehead atoms. The molecule has 2 aromatic carbocycles. The SMILES string of the molecule is CC(=NNc1ccccc1)c1cc(Cl)cc(C(C)=NNc2ccccc2)n1.[Cl-].[Cl-].[Co+2]. The molecule has 1 heterocycles. The number of rotatable bonds is 6. The van der Waals surface area contributed by atoms with Crippen molar-refractivity contribution in [3.05, 3.63) is 89.2 Å². The minimum atomic E-state index is 0. The molecule has 0 atom stereocenters. The average molecular weight is 508 g/mol. The molecule has 9 heteroatoms. The number of nitrogens with zero attached hydrogens (tertiary/aromatic N) is 3. The van der Waals surface area contributed by atoms with E-state index in [1.807, 2.05) is 74.5 Å². The fourth-order valence-corrected chi connectivity index (χ4v) is 2.51. The van der Waals surface area contributed by atoms with Crippen LogP contribution in [0.4, 0.5) is 11.4 Å². The van der Waals surface area contributed by atoms with Crippen LogP contribution in [-0.4, -0.2) is 16.4 Å². The van der Waals surface area contributed by atoms with Crippen LogP contribution in [0.1, 0.15) is 25.2 Å². The Bertz CT molecular complexity index is 891. The number of hydrogen-bond acceptors (Lipinski definition) is 5. The van der Waals surface area contributed by atoms with E-state index in [1.165, 1.54) is 0 Å². The second kappa shape index (κ2) is 14.0. The van der Waals surface area contributed by atoms with E-state index in [9.17, 15) is 0 Å². The van der Waals surface area contributed by atoms with Crippen molar-refractivity contribution in [3.8, 4) is 0 Å². The minimum absolute atomic E-state index is 0. The quantitative estimate of drug-likeness (QED) is 0.347. The Morgan fingerprint density at radius 2 is 1.10 bits per heavy atom. The Morgan fingerprint density at radius 1 is 0.733 bits per heavy atom. The summed E-state index contributed by atoms with van der Waals surface area (Å²) < 4.78 is 0. The van der Waals surface area contributed by atoms with Gasteiger partial charge in [0.15, 0.2) is 0 Å². The molecule has 0 saturated carbocycles. The number of nitrogens with one attached hydrogen (secondary N) is 2. The predicted octanol–water partition coefficient (Wildman–Crippen LogP) is -0.587. The first-order valence-corrected chi connectivity index (χ1v) is 8.88. The Kier molecular flexibility index (Phi) is 13.0. The number of halogens is 3. The first-order valence-electron chi connectivity index (χ1n) is 8.51. The van der Waals surface area contributed by atoms with Crippen molar-refractivity contribution >= 4 is 34.4 Å². The second-order valence-electron chi connectivity index (χ2n) is 5.91. The standard InChI is InChI=1S/C21H20ClN5.2ClH.Co/c1-15(24-26-18-9-5-3-6-10-18)20-13-17(22)14-21(23-20)16(2)25-27-19-11-7-4-8-12-19;;;/h3-14,26-27H,1-2H3;2*1H;/q;;;+2/p-2. The third kappa shape index (κ3) is 8.34. The smallest absolute Gasteiger partial charge is 1.00 e. The number of anilines is 2. The van der Waals surface area contributed by atoms with Crippen LogP contribution in [-0.2, 0) is 16.8 Å². The van der Waals surface area contributed by atoms with Crippen molar-refractivity contribution in [1.29, 1.82) is 0 Å². The molecular formula is C21H20Cl3CoN5. The van der Waals surface area contributed by atoms with Gasteiger partial charge < -0.3 is 24.8 Å². The van der Waals surface area contributed by atoms with Gasteiger partial charge in [0.05, 0.1) is 34.2 Å². The zero-order valence-electron chi connectivity index (χ0n) is 16.2. The molecule has 5 nitrogen and oxygen atoms in total. The summed E-state index contributed by atoms with van der Waals surface area (Å²) in [6, 6.07) is 23.0. The van der Waals surface area contributed by atoms with Crippen molar-refractivity contribution in [3.63, 3.8) is 0 Å². The van der Waals surface area contributed by atoms with Gasteiger partial charge in [0.25, 0.3) is 0 Å². The van der Waals surface area contributed by atoms with Gasteiger partial charge in [-0.3, -0.25) is 10.9 Å². The van der Waals surface area contributed by atoms with Crippen LogP contribution < -0.4 is 35.7 Å². The molecule has 0 spiro atoms. The molecular weight excluding hydrogens is 488 g/mol. The molecule has 30 heavy (non-hydrogen) atoms. The third-order valence-corrected chi connectivity index (χ3v) is 4.00. The normalized spacial score (nSPS) is 10.8. The summed E-state index contributed by atoms with van der Waals surface area (Å²) in [5, 5.41) is 9.36. The molecule has 0 saturated heterocycles. The Morgan fingerprint density at radius 3 is 1.47 bits per heavy atom. The maximum absolute atomic E-state index is 6.28. The molecule has 3 aromatic rings. The van der Waals surface area contributed by atoms with E-state index in [0.29, 0.717) is 16.4 Å². The van der Waals surface area contributed by atoms with E-state index < -0.39 is 0 Å². The summed E-state index contributed by atoms with van der Waals surface area (Å²) >= 11 is 6.28. The molecule has 0 fully saturated rings. The molecule has 159 valence electrons. The van der Waals surface area contributed by atoms with Gasteiger partial charge in [-0.25, -0.2) is 4.98 Å². The molecule has 1 aromatic heterocycles. The van der Waals surface area contributed by atoms with Crippen LogP contribution in [0, 0.1) is 0 Å². The maximum Gasteiger partial charge on any atom is 2.00 e. The monoisotopic (exact) mass is 506 g/mol. The third-order valence-electron chi connectivity index (χ3n) is 3.78. The van der Waals surface area contributed by atoms with E-state index in [0.717, 1.165) is 22.8 Å². The van der Waals surface area contributed by atoms with Crippen LogP contribution in [0.25, 0.3) is 0 Å². The zero-order valence-corrected chi connectivity index (χ0v) is 19.5. The predicted molar refractivity (Wildman–Crippen MR) is 114 cm³/mol. The number of para-hydroxylation sites is 2. The fourth-order valence-electron chi connectivity index (χ4n) is 2.30. The Labute approximate surface area is 204 Å². The van der Waals surface area contributed by atoms with Gasteiger partial charge >= 0.3 is 16.8 Å². The van der Waals surface area contributed by atoms with E-state index in [1.54, 1.807) is 12.1 Å². The van der Waals surface area contributed by atoms with Crippen molar-refractivity contribution < 1.29 is 41.6 Å². The minimum Gasteiger partial charge on any atom is -1.00 e. The first kappa shape index (κ1) is 27.9. The molecule has 2 N–H and O–H groups in total. The van der Waals surface area contributed by atoms with Gasteiger partial charge in [0.2, 0.25) is 0 Å². The molecule has 0 aliphatic rings. The summed E-state index contributed by atoms with van der Waals surface area (Å²) in [6.07, 6.45) is 0. The Balaban J connectivity index is 0.00000280. The summed E-state index contributed by atoms with van der Waals surface area (Å²) in [4.78, 5) is 4.63. The van der Waals surface area contributed by atoms with Gasteiger partial charge in [-0.15, -0.1) is 0 Å². The van der Waals surface area contributed by atoms with E-state index >= 15 is 0 Å². The van der Waals surface area contributed by atoms with Crippen molar-refractivity contribution in [2.24, 2.45) is 10.2 Å². The summed E-state index contributed by atoms with van der Waals surface area (Å²) in [6.45, 7) is 3.76. The number of pyridine rings is 1. The zero-order chi connectivity index (χ0) is 19.1. The topological polar surface area (TPSA) is 61.7 Å². The van der Waals surface area contributed by atoms with Crippen molar-refractivity contribution in [2.45, 2.75) is 13.8 Å². The number of hydrazone groups is 2. The summed E-state index contributed by atoms with van der Waals surface area (Å²) in [7, 11) is 0. The fraction of sp³-hybridized carbons (Fsp3) is 0.0952. The summed E-state index contributed by atoms with van der Waals surface area (Å²) in [5.74, 6) is 0. The maximum atomic E-state index is 6.28. The van der Waals surface area contributed by atoms with Gasteiger partial charge in [0.1, 0.15) is 0 Å². The molecule has 0 amide bonds. The average Bonchev–Trinajstić information content (AvgIpc) is 2.71. The number of hydrogen-bond donors (Lipinski definition) is 2. The van der Waals surface area contributed by atoms with Gasteiger partial charge in [-0.1, -0.05) is 48.0 Å². The van der Waals surface area contributed by atoms with Gasteiger partial charge in [-0.05, 0) is 50.2 Å². The van der Waals surface area contributed by atoms with E-state index in [2.05, 4.69) is 26.0 Å². The molecule has 0 aliphatic carbocycles. The van der Waals surface area contributed by atoms with Crippen LogP contribution in [0.2, 0.25) is 5.02 Å². The molecule has 1 radical (unpaired) electrons. The van der Waals surface area contributed by atoms with Crippen LogP contribution >= 0.6 is 11.6 Å². The number of benzene rings is 2. The molecule has 0 aliphatic heterocycles. The Hall–Kier alpha value is -2.09. The van der Waals surface area contributed by atoms with Gasteiger partial charge in [0, 0.05) is 5.02 Å². The largest absolute Gasteiger partial charge is 2.00 e.